The van der Waals surface area contributed by atoms with Crippen molar-refractivity contribution in [2.45, 2.75) is 50.3 Å². The number of methoxy groups -OCH3 is 1. The van der Waals surface area contributed by atoms with Gasteiger partial charge in [0.15, 0.2) is 0 Å². The number of hydrogen-bond acceptors (Lipinski definition) is 3. The van der Waals surface area contributed by atoms with Gasteiger partial charge < -0.3 is 10.1 Å². The Morgan fingerprint density at radius 3 is 2.43 bits per heavy atom. The topological polar surface area (TPSA) is 21.3 Å². The zero-order chi connectivity index (χ0) is 9.80. The summed E-state index contributed by atoms with van der Waals surface area (Å²) in [4.78, 5) is 0. The summed E-state index contributed by atoms with van der Waals surface area (Å²) in [5.74, 6) is 2.68. The highest BCUT2D eigenvalue weighted by Crippen LogP contribution is 2.23. The molecule has 1 heterocycles. The van der Waals surface area contributed by atoms with E-state index in [4.69, 9.17) is 4.74 Å². The number of thioether (sulfide) groups is 1. The van der Waals surface area contributed by atoms with Crippen LogP contribution in [0.1, 0.15) is 32.1 Å². The Bertz CT molecular complexity index is 163. The van der Waals surface area contributed by atoms with Crippen LogP contribution >= 0.6 is 11.8 Å². The van der Waals surface area contributed by atoms with Gasteiger partial charge in [0, 0.05) is 24.9 Å². The standard InChI is InChI=1S/C11H21NOS/c1-13-11-4-2-9(3-5-11)12-10-6-7-14-8-10/h9-12H,2-8H2,1H3. The van der Waals surface area contributed by atoms with Gasteiger partial charge in [0.2, 0.25) is 0 Å². The Hall–Kier alpha value is 0.270. The molecule has 0 aromatic rings. The summed E-state index contributed by atoms with van der Waals surface area (Å²) in [5.41, 5.74) is 0. The highest BCUT2D eigenvalue weighted by Gasteiger charge is 2.24. The van der Waals surface area contributed by atoms with Gasteiger partial charge in [0.1, 0.15) is 0 Å². The molecule has 1 atom stereocenters. The van der Waals surface area contributed by atoms with Crippen molar-refractivity contribution in [2.24, 2.45) is 0 Å². The Balaban J connectivity index is 1.67. The van der Waals surface area contributed by atoms with Gasteiger partial charge in [-0.3, -0.25) is 0 Å². The van der Waals surface area contributed by atoms with Crippen LogP contribution in [0.2, 0.25) is 0 Å². The van der Waals surface area contributed by atoms with Crippen molar-refractivity contribution in [2.75, 3.05) is 18.6 Å². The van der Waals surface area contributed by atoms with Gasteiger partial charge in [-0.05, 0) is 37.9 Å². The van der Waals surface area contributed by atoms with Crippen LogP contribution in [0, 0.1) is 0 Å². The summed E-state index contributed by atoms with van der Waals surface area (Å²) >= 11 is 2.09. The summed E-state index contributed by atoms with van der Waals surface area (Å²) in [6, 6.07) is 1.56. The van der Waals surface area contributed by atoms with E-state index in [-0.39, 0.29) is 0 Å². The summed E-state index contributed by atoms with van der Waals surface area (Å²) in [6.45, 7) is 0. The first kappa shape index (κ1) is 10.8. The molecule has 0 amide bonds. The molecule has 2 aliphatic rings. The lowest BCUT2D eigenvalue weighted by Crippen LogP contribution is -2.41. The Kier molecular flexibility index (Phi) is 4.14. The van der Waals surface area contributed by atoms with Gasteiger partial charge in [-0.25, -0.2) is 0 Å². The molecule has 0 spiro atoms. The second kappa shape index (κ2) is 5.38. The second-order valence-corrected chi connectivity index (χ2v) is 5.59. The first-order chi connectivity index (χ1) is 6.88. The molecule has 2 fully saturated rings. The van der Waals surface area contributed by atoms with E-state index in [1.807, 2.05) is 7.11 Å². The third kappa shape index (κ3) is 2.88. The van der Waals surface area contributed by atoms with Crippen LogP contribution in [0.4, 0.5) is 0 Å². The average molecular weight is 215 g/mol. The van der Waals surface area contributed by atoms with Gasteiger partial charge >= 0.3 is 0 Å². The third-order valence-electron chi connectivity index (χ3n) is 3.41. The normalized spacial score (nSPS) is 38.8. The summed E-state index contributed by atoms with van der Waals surface area (Å²) in [7, 11) is 1.84. The van der Waals surface area contributed by atoms with E-state index >= 15 is 0 Å². The van der Waals surface area contributed by atoms with E-state index < -0.39 is 0 Å². The van der Waals surface area contributed by atoms with E-state index in [1.54, 1.807) is 0 Å². The number of ether oxygens (including phenoxy) is 1. The van der Waals surface area contributed by atoms with E-state index in [2.05, 4.69) is 17.1 Å². The van der Waals surface area contributed by atoms with E-state index in [0.717, 1.165) is 12.1 Å². The van der Waals surface area contributed by atoms with Crippen molar-refractivity contribution in [1.82, 2.24) is 5.32 Å². The fourth-order valence-corrected chi connectivity index (χ4v) is 3.63. The van der Waals surface area contributed by atoms with Crippen molar-refractivity contribution in [3.05, 3.63) is 0 Å². The zero-order valence-electron chi connectivity index (χ0n) is 9.00. The van der Waals surface area contributed by atoms with Gasteiger partial charge in [0.25, 0.3) is 0 Å². The molecule has 1 aliphatic carbocycles. The van der Waals surface area contributed by atoms with E-state index in [9.17, 15) is 0 Å². The molecule has 0 aromatic carbocycles. The molecule has 0 radical (unpaired) electrons. The highest BCUT2D eigenvalue weighted by molar-refractivity contribution is 7.99. The van der Waals surface area contributed by atoms with Gasteiger partial charge in [-0.15, -0.1) is 0 Å². The maximum absolute atomic E-state index is 5.38. The summed E-state index contributed by atoms with van der Waals surface area (Å²) in [6.07, 6.45) is 7.00. The molecule has 0 aromatic heterocycles. The highest BCUT2D eigenvalue weighted by atomic mass is 32.2. The fourth-order valence-electron chi connectivity index (χ4n) is 2.46. The third-order valence-corrected chi connectivity index (χ3v) is 4.57. The molecule has 82 valence electrons. The molecule has 1 saturated heterocycles. The zero-order valence-corrected chi connectivity index (χ0v) is 9.81. The maximum Gasteiger partial charge on any atom is 0.0572 e. The van der Waals surface area contributed by atoms with Crippen molar-refractivity contribution in [1.29, 1.82) is 0 Å². The number of nitrogens with one attached hydrogen (secondary N) is 1. The number of rotatable bonds is 3. The first-order valence-corrected chi connectivity index (χ1v) is 6.90. The minimum atomic E-state index is 0.533. The molecule has 1 N–H and O–H groups in total. The SMILES string of the molecule is COC1CCC(NC2CCSC2)CC1. The molecule has 14 heavy (non-hydrogen) atoms. The van der Waals surface area contributed by atoms with Crippen molar-refractivity contribution in [3.63, 3.8) is 0 Å². The molecule has 1 aliphatic heterocycles. The Morgan fingerprint density at radius 2 is 1.86 bits per heavy atom. The Labute approximate surface area is 91.2 Å². The lowest BCUT2D eigenvalue weighted by Gasteiger charge is -2.30. The molecule has 2 rings (SSSR count). The van der Waals surface area contributed by atoms with Gasteiger partial charge in [0.05, 0.1) is 6.10 Å². The average Bonchev–Trinajstić information content (AvgIpc) is 2.72. The molecular weight excluding hydrogens is 194 g/mol. The lowest BCUT2D eigenvalue weighted by molar-refractivity contribution is 0.0615. The molecule has 1 saturated carbocycles. The van der Waals surface area contributed by atoms with Crippen LogP contribution in [0.25, 0.3) is 0 Å². The monoisotopic (exact) mass is 215 g/mol. The quantitative estimate of drug-likeness (QED) is 0.778. The van der Waals surface area contributed by atoms with Crippen molar-refractivity contribution in [3.8, 4) is 0 Å². The van der Waals surface area contributed by atoms with Crippen molar-refractivity contribution >= 4 is 11.8 Å². The van der Waals surface area contributed by atoms with Crippen molar-refractivity contribution < 1.29 is 4.74 Å². The largest absolute Gasteiger partial charge is 0.381 e. The summed E-state index contributed by atoms with van der Waals surface area (Å²) in [5, 5.41) is 3.79. The van der Waals surface area contributed by atoms with Crippen LogP contribution in [0.5, 0.6) is 0 Å². The Morgan fingerprint density at radius 1 is 1.07 bits per heavy atom. The predicted molar refractivity (Wildman–Crippen MR) is 61.9 cm³/mol. The van der Waals surface area contributed by atoms with Crippen LogP contribution < -0.4 is 5.32 Å². The van der Waals surface area contributed by atoms with Crippen LogP contribution in [-0.4, -0.2) is 36.8 Å². The van der Waals surface area contributed by atoms with Crippen LogP contribution in [0.15, 0.2) is 0 Å². The molecule has 0 bridgehead atoms. The van der Waals surface area contributed by atoms with Gasteiger partial charge in [-0.1, -0.05) is 0 Å². The van der Waals surface area contributed by atoms with Crippen LogP contribution in [0.3, 0.4) is 0 Å². The van der Waals surface area contributed by atoms with Crippen LogP contribution in [-0.2, 0) is 4.74 Å². The summed E-state index contributed by atoms with van der Waals surface area (Å²) < 4.78 is 5.38. The molecule has 2 nitrogen and oxygen atoms in total. The van der Waals surface area contributed by atoms with E-state index in [1.165, 1.54) is 43.6 Å². The number of hydrogen-bond donors (Lipinski definition) is 1. The molecular formula is C11H21NOS. The first-order valence-electron chi connectivity index (χ1n) is 5.75. The molecule has 3 heteroatoms. The second-order valence-electron chi connectivity index (χ2n) is 4.44. The maximum atomic E-state index is 5.38. The smallest absolute Gasteiger partial charge is 0.0572 e. The minimum absolute atomic E-state index is 0.533. The van der Waals surface area contributed by atoms with Gasteiger partial charge in [-0.2, -0.15) is 11.8 Å². The minimum Gasteiger partial charge on any atom is -0.381 e. The fraction of sp³-hybridized carbons (Fsp3) is 1.00. The van der Waals surface area contributed by atoms with E-state index in [0.29, 0.717) is 6.10 Å². The predicted octanol–water partition coefficient (Wildman–Crippen LogP) is 2.04. The lowest BCUT2D eigenvalue weighted by atomic mass is 9.92. The molecule has 1 unspecified atom stereocenters.